The van der Waals surface area contributed by atoms with E-state index in [0.717, 1.165) is 24.8 Å². The van der Waals surface area contributed by atoms with Crippen LogP contribution in [-0.2, 0) is 19.1 Å². The molecule has 2 aliphatic rings. The van der Waals surface area contributed by atoms with Crippen molar-refractivity contribution in [3.05, 3.63) is 59.8 Å². The number of allylic oxidation sites excluding steroid dienone is 7. The molecule has 0 aromatic carbocycles. The number of cyclic esters (lactones) is 1. The van der Waals surface area contributed by atoms with Crippen molar-refractivity contribution in [1.29, 1.82) is 0 Å². The fourth-order valence-electron chi connectivity index (χ4n) is 5.64. The first kappa shape index (κ1) is 32.0. The van der Waals surface area contributed by atoms with E-state index in [4.69, 9.17) is 9.47 Å². The van der Waals surface area contributed by atoms with Crippen molar-refractivity contribution in [1.82, 2.24) is 0 Å². The summed E-state index contributed by atoms with van der Waals surface area (Å²) in [6.45, 7) is 16.6. The molecule has 38 heavy (non-hydrogen) atoms. The van der Waals surface area contributed by atoms with Crippen LogP contribution in [0.2, 0.25) is 0 Å². The second kappa shape index (κ2) is 14.8. The molecule has 2 aliphatic heterocycles. The third-order valence-electron chi connectivity index (χ3n) is 7.88. The zero-order valence-electron chi connectivity index (χ0n) is 24.8. The SMILES string of the molecule is CCC(=C/[C@H](C)C/C=C/C(C)=C/[C@@H](C)C(=O)[C@H](C)[C@@H]1O[C@@](C)(CCO)C[C@H]1C)/C=C/[C@H]1OC(=O)C=C[C@@H]1C. The number of rotatable bonds is 13. The van der Waals surface area contributed by atoms with Crippen molar-refractivity contribution in [3.8, 4) is 0 Å². The first-order chi connectivity index (χ1) is 17.9. The summed E-state index contributed by atoms with van der Waals surface area (Å²) in [5.41, 5.74) is 1.96. The molecule has 5 nitrogen and oxygen atoms in total. The van der Waals surface area contributed by atoms with Crippen LogP contribution in [0.5, 0.6) is 0 Å². The van der Waals surface area contributed by atoms with E-state index in [1.165, 1.54) is 11.6 Å². The minimum absolute atomic E-state index is 0.0997. The molecule has 2 rings (SSSR count). The van der Waals surface area contributed by atoms with Gasteiger partial charge in [-0.3, -0.25) is 4.79 Å². The summed E-state index contributed by atoms with van der Waals surface area (Å²) in [7, 11) is 0. The first-order valence-corrected chi connectivity index (χ1v) is 14.3. The van der Waals surface area contributed by atoms with Crippen LogP contribution in [0.3, 0.4) is 0 Å². The highest BCUT2D eigenvalue weighted by Gasteiger charge is 2.44. The van der Waals surface area contributed by atoms with E-state index in [2.05, 4.69) is 45.1 Å². The Morgan fingerprint density at radius 3 is 2.58 bits per heavy atom. The van der Waals surface area contributed by atoms with Gasteiger partial charge >= 0.3 is 5.97 Å². The molecule has 8 atom stereocenters. The number of Topliss-reactive ketones (excluding diaryl/α,β-unsaturated/α-hetero) is 1. The lowest BCUT2D eigenvalue weighted by atomic mass is 9.83. The smallest absolute Gasteiger partial charge is 0.331 e. The summed E-state index contributed by atoms with van der Waals surface area (Å²) >= 11 is 0. The molecule has 212 valence electrons. The van der Waals surface area contributed by atoms with Gasteiger partial charge in [0.1, 0.15) is 11.9 Å². The predicted molar refractivity (Wildman–Crippen MR) is 154 cm³/mol. The average molecular weight is 527 g/mol. The summed E-state index contributed by atoms with van der Waals surface area (Å²) in [5.74, 6) is 0.374. The minimum Gasteiger partial charge on any atom is -0.454 e. The van der Waals surface area contributed by atoms with Crippen LogP contribution >= 0.6 is 0 Å². The molecule has 0 bridgehead atoms. The lowest BCUT2D eigenvalue weighted by Crippen LogP contribution is -2.34. The lowest BCUT2D eigenvalue weighted by Gasteiger charge is -2.27. The van der Waals surface area contributed by atoms with Gasteiger partial charge in [0.25, 0.3) is 0 Å². The first-order valence-electron chi connectivity index (χ1n) is 14.3. The second-order valence-corrected chi connectivity index (χ2v) is 11.8. The van der Waals surface area contributed by atoms with Gasteiger partial charge in [-0.2, -0.15) is 0 Å². The Morgan fingerprint density at radius 2 is 1.92 bits per heavy atom. The third-order valence-corrected chi connectivity index (χ3v) is 7.88. The van der Waals surface area contributed by atoms with Crippen molar-refractivity contribution in [3.63, 3.8) is 0 Å². The van der Waals surface area contributed by atoms with Gasteiger partial charge in [0.05, 0.1) is 11.7 Å². The van der Waals surface area contributed by atoms with Crippen molar-refractivity contribution < 1.29 is 24.2 Å². The number of ketones is 1. The van der Waals surface area contributed by atoms with Gasteiger partial charge < -0.3 is 14.6 Å². The number of ether oxygens (including phenoxy) is 2. The molecule has 1 saturated heterocycles. The number of esters is 1. The number of hydrogen-bond acceptors (Lipinski definition) is 5. The van der Waals surface area contributed by atoms with Gasteiger partial charge in [-0.1, -0.05) is 89.1 Å². The number of hydrogen-bond donors (Lipinski definition) is 1. The van der Waals surface area contributed by atoms with Crippen LogP contribution in [0.1, 0.15) is 81.1 Å². The summed E-state index contributed by atoms with van der Waals surface area (Å²) < 4.78 is 11.7. The van der Waals surface area contributed by atoms with Crippen molar-refractivity contribution in [2.24, 2.45) is 29.6 Å². The van der Waals surface area contributed by atoms with Crippen LogP contribution < -0.4 is 0 Å². The van der Waals surface area contributed by atoms with Gasteiger partial charge in [0, 0.05) is 30.4 Å². The Balaban J connectivity index is 1.91. The van der Waals surface area contributed by atoms with Gasteiger partial charge in [0.2, 0.25) is 0 Å². The number of carbonyl (C=O) groups excluding carboxylic acids is 2. The lowest BCUT2D eigenvalue weighted by molar-refractivity contribution is -0.143. The quantitative estimate of drug-likeness (QED) is 0.208. The van der Waals surface area contributed by atoms with Gasteiger partial charge in [-0.05, 0) is 57.4 Å². The highest BCUT2D eigenvalue weighted by molar-refractivity contribution is 5.85. The number of carbonyl (C=O) groups is 2. The Bertz CT molecular complexity index is 954. The standard InChI is InChI=1S/C33H50O5/c1-9-28(14-15-29-24(4)13-16-30(35)37-29)20-23(3)12-10-11-22(2)19-25(5)31(36)27(7)32-26(6)21-33(8,38-32)17-18-34/h10-11,13-16,19-20,23-27,29,32,34H,9,12,17-18,21H2,1-8H3/b11-10+,15-14+,22-19+,28-20-/t23-,24+,25-,26-,27+,29-,32-,33+/m1/s1. The highest BCUT2D eigenvalue weighted by atomic mass is 16.5. The molecule has 1 fully saturated rings. The Labute approximate surface area is 230 Å². The van der Waals surface area contributed by atoms with E-state index in [1.807, 2.05) is 52.8 Å². The van der Waals surface area contributed by atoms with Crippen molar-refractivity contribution in [2.45, 2.75) is 98.9 Å². The third kappa shape index (κ3) is 9.50. The van der Waals surface area contributed by atoms with Gasteiger partial charge in [-0.15, -0.1) is 0 Å². The molecule has 0 spiro atoms. The maximum absolute atomic E-state index is 13.2. The molecule has 0 saturated carbocycles. The zero-order chi connectivity index (χ0) is 28.5. The maximum atomic E-state index is 13.2. The van der Waals surface area contributed by atoms with E-state index in [1.54, 1.807) is 0 Å². The normalized spacial score (nSPS) is 31.1. The van der Waals surface area contributed by atoms with Gasteiger partial charge in [-0.25, -0.2) is 4.79 Å². The topological polar surface area (TPSA) is 72.8 Å². The summed E-state index contributed by atoms with van der Waals surface area (Å²) in [6.07, 6.45) is 19.0. The van der Waals surface area contributed by atoms with E-state index in [-0.39, 0.29) is 59.8 Å². The predicted octanol–water partition coefficient (Wildman–Crippen LogP) is 6.93. The zero-order valence-corrected chi connectivity index (χ0v) is 24.8. The molecular formula is C33H50O5. The molecule has 2 heterocycles. The summed E-state index contributed by atoms with van der Waals surface area (Å²) in [5, 5.41) is 9.37. The van der Waals surface area contributed by atoms with Crippen LogP contribution in [0.15, 0.2) is 59.8 Å². The molecule has 0 aromatic rings. The molecule has 1 N–H and O–H groups in total. The van der Waals surface area contributed by atoms with Gasteiger partial charge in [0.15, 0.2) is 0 Å². The molecule has 0 unspecified atom stereocenters. The van der Waals surface area contributed by atoms with Crippen LogP contribution in [0.4, 0.5) is 0 Å². The Hall–Kier alpha value is -2.24. The van der Waals surface area contributed by atoms with E-state index in [0.29, 0.717) is 12.3 Å². The minimum atomic E-state index is -0.345. The van der Waals surface area contributed by atoms with Crippen molar-refractivity contribution in [2.75, 3.05) is 6.61 Å². The Kier molecular flexibility index (Phi) is 12.4. The molecule has 0 aromatic heterocycles. The largest absolute Gasteiger partial charge is 0.454 e. The Morgan fingerprint density at radius 1 is 1.21 bits per heavy atom. The van der Waals surface area contributed by atoms with Crippen LogP contribution in [0, 0.1) is 29.6 Å². The van der Waals surface area contributed by atoms with E-state index < -0.39 is 0 Å². The molecule has 0 radical (unpaired) electrons. The fraction of sp³-hybridized carbons (Fsp3) is 0.636. The highest BCUT2D eigenvalue weighted by Crippen LogP contribution is 2.40. The maximum Gasteiger partial charge on any atom is 0.331 e. The van der Waals surface area contributed by atoms with Crippen LogP contribution in [-0.4, -0.2) is 41.3 Å². The van der Waals surface area contributed by atoms with E-state index >= 15 is 0 Å². The molecule has 0 aliphatic carbocycles. The van der Waals surface area contributed by atoms with Crippen molar-refractivity contribution >= 4 is 11.8 Å². The van der Waals surface area contributed by atoms with Crippen LogP contribution in [0.25, 0.3) is 0 Å². The monoisotopic (exact) mass is 526 g/mol. The fourth-order valence-corrected chi connectivity index (χ4v) is 5.64. The average Bonchev–Trinajstić information content (AvgIpc) is 3.16. The molecule has 5 heteroatoms. The van der Waals surface area contributed by atoms with E-state index in [9.17, 15) is 14.7 Å². The number of aliphatic hydroxyl groups is 1. The molecule has 0 amide bonds. The summed E-state index contributed by atoms with van der Waals surface area (Å²) in [4.78, 5) is 24.7. The molecular weight excluding hydrogens is 476 g/mol. The second-order valence-electron chi connectivity index (χ2n) is 11.8. The summed E-state index contributed by atoms with van der Waals surface area (Å²) in [6, 6.07) is 0. The number of aliphatic hydroxyl groups excluding tert-OH is 1.